The zero-order valence-electron chi connectivity index (χ0n) is 21.3. The largest absolute Gasteiger partial charge is 0.457 e. The topological polar surface area (TPSA) is 101 Å². The average Bonchev–Trinajstić information content (AvgIpc) is 3.38. The Balaban J connectivity index is 1.84. The van der Waals surface area contributed by atoms with E-state index in [1.807, 2.05) is 12.1 Å². The Bertz CT molecular complexity index is 1410. The maximum atomic E-state index is 12.5. The van der Waals surface area contributed by atoms with Gasteiger partial charge in [0.15, 0.2) is 11.6 Å². The summed E-state index contributed by atoms with van der Waals surface area (Å²) >= 11 is 0. The van der Waals surface area contributed by atoms with Crippen LogP contribution in [0, 0.1) is 33.6 Å². The van der Waals surface area contributed by atoms with E-state index >= 15 is 0 Å². The highest BCUT2D eigenvalue weighted by atomic mass is 31.2. The number of furan rings is 1. The predicted molar refractivity (Wildman–Crippen MR) is 139 cm³/mol. The number of aromatic nitrogens is 3. The Morgan fingerprint density at radius 3 is 2.29 bits per heavy atom. The third kappa shape index (κ3) is 4.99. The number of rotatable bonds is 8. The molecule has 0 amide bonds. The first-order valence-electron chi connectivity index (χ1n) is 12.0. The average molecular weight is 496 g/mol. The maximum Gasteiger partial charge on any atom is 0.360 e. The fraction of sp³-hybridized carbons (Fsp3) is 0.407. The van der Waals surface area contributed by atoms with Crippen molar-refractivity contribution in [3.05, 3.63) is 64.2 Å². The van der Waals surface area contributed by atoms with Gasteiger partial charge in [0, 0.05) is 25.4 Å². The number of pyridine rings is 1. The molecule has 0 aliphatic carbocycles. The molecule has 0 saturated heterocycles. The molecule has 35 heavy (non-hydrogen) atoms. The van der Waals surface area contributed by atoms with E-state index in [1.165, 1.54) is 17.2 Å². The number of aryl methyl sites for hydroxylation is 4. The van der Waals surface area contributed by atoms with Crippen LogP contribution in [-0.4, -0.2) is 24.3 Å². The van der Waals surface area contributed by atoms with Gasteiger partial charge in [0.2, 0.25) is 0 Å². The van der Waals surface area contributed by atoms with Crippen LogP contribution in [0.4, 0.5) is 0 Å². The van der Waals surface area contributed by atoms with Crippen molar-refractivity contribution in [2.24, 2.45) is 5.92 Å². The quantitative estimate of drug-likeness (QED) is 0.311. The zero-order valence-corrected chi connectivity index (χ0v) is 22.2. The summed E-state index contributed by atoms with van der Waals surface area (Å²) in [6, 6.07) is 5.45. The van der Waals surface area contributed by atoms with Gasteiger partial charge in [-0.25, -0.2) is 4.98 Å². The molecular formula is C27H34N3O4P. The molecule has 3 heterocycles. The van der Waals surface area contributed by atoms with Crippen molar-refractivity contribution in [3.8, 4) is 11.6 Å². The molecule has 2 N–H and O–H groups in total. The third-order valence-electron chi connectivity index (χ3n) is 6.83. The van der Waals surface area contributed by atoms with Gasteiger partial charge < -0.3 is 18.8 Å². The summed E-state index contributed by atoms with van der Waals surface area (Å²) in [5, 5.41) is -0.0968. The van der Waals surface area contributed by atoms with E-state index in [4.69, 9.17) is 9.40 Å². The Morgan fingerprint density at radius 2 is 1.66 bits per heavy atom. The molecule has 0 aliphatic rings. The number of hydrogen-bond acceptors (Lipinski definition) is 4. The van der Waals surface area contributed by atoms with E-state index in [0.29, 0.717) is 30.5 Å². The van der Waals surface area contributed by atoms with Gasteiger partial charge in [-0.05, 0) is 92.5 Å². The summed E-state index contributed by atoms with van der Waals surface area (Å²) in [5.41, 5.74) is 7.62. The van der Waals surface area contributed by atoms with Crippen LogP contribution < -0.4 is 5.30 Å². The van der Waals surface area contributed by atoms with Gasteiger partial charge in [0.25, 0.3) is 0 Å². The lowest BCUT2D eigenvalue weighted by Gasteiger charge is -2.15. The lowest BCUT2D eigenvalue weighted by Crippen LogP contribution is -2.11. The second kappa shape index (κ2) is 9.73. The van der Waals surface area contributed by atoms with Crippen molar-refractivity contribution < 1.29 is 18.8 Å². The van der Waals surface area contributed by atoms with E-state index < -0.39 is 7.60 Å². The number of nitrogens with zero attached hydrogens (tertiary/aromatic N) is 3. The smallest absolute Gasteiger partial charge is 0.360 e. The molecule has 3 aromatic heterocycles. The van der Waals surface area contributed by atoms with Crippen molar-refractivity contribution in [2.45, 2.75) is 67.3 Å². The minimum atomic E-state index is -4.59. The molecule has 1 aromatic carbocycles. The summed E-state index contributed by atoms with van der Waals surface area (Å²) in [7, 11) is -4.59. The van der Waals surface area contributed by atoms with Crippen LogP contribution in [0.2, 0.25) is 0 Å². The van der Waals surface area contributed by atoms with E-state index in [-0.39, 0.29) is 11.1 Å². The van der Waals surface area contributed by atoms with E-state index in [1.54, 1.807) is 12.4 Å². The Hall–Kier alpha value is -2.73. The van der Waals surface area contributed by atoms with Crippen molar-refractivity contribution in [1.82, 2.24) is 14.5 Å². The Labute approximate surface area is 206 Å². The molecule has 4 rings (SSSR count). The molecule has 0 radical (unpaired) electrons. The van der Waals surface area contributed by atoms with E-state index in [0.717, 1.165) is 40.6 Å². The van der Waals surface area contributed by atoms with Crippen LogP contribution in [0.3, 0.4) is 0 Å². The predicted octanol–water partition coefficient (Wildman–Crippen LogP) is 5.56. The van der Waals surface area contributed by atoms with Crippen LogP contribution in [-0.2, 0) is 24.0 Å². The standard InChI is InChI=1S/C27H34N3O4P/c1-16(2)15-30-25-20(6)18(4)17(3)19(5)24(25)29-27(30)26-23(35(31,32)33)14-22(34-26)9-7-8-21-10-12-28-13-11-21/h10-14,16H,7-9,15H2,1-6H3,(H2,31,32,33). The first-order chi connectivity index (χ1) is 16.5. The minimum Gasteiger partial charge on any atom is -0.457 e. The van der Waals surface area contributed by atoms with Crippen molar-refractivity contribution in [2.75, 3.05) is 0 Å². The molecule has 7 nitrogen and oxygen atoms in total. The number of fused-ring (bicyclic) bond motifs is 1. The van der Waals surface area contributed by atoms with Crippen LogP contribution in [0.5, 0.6) is 0 Å². The Morgan fingerprint density at radius 1 is 1.00 bits per heavy atom. The third-order valence-corrected chi connectivity index (χ3v) is 7.79. The summed E-state index contributed by atoms with van der Waals surface area (Å²) in [6.07, 6.45) is 5.71. The maximum absolute atomic E-state index is 12.5. The van der Waals surface area contributed by atoms with Gasteiger partial charge in [-0.15, -0.1) is 0 Å². The normalized spacial score (nSPS) is 12.3. The van der Waals surface area contributed by atoms with Crippen molar-refractivity contribution in [1.29, 1.82) is 0 Å². The fourth-order valence-electron chi connectivity index (χ4n) is 4.68. The second-order valence-electron chi connectivity index (χ2n) is 9.82. The molecule has 0 unspecified atom stereocenters. The number of benzene rings is 1. The zero-order chi connectivity index (χ0) is 25.5. The molecule has 8 heteroatoms. The second-order valence-corrected chi connectivity index (χ2v) is 11.4. The molecule has 0 fully saturated rings. The van der Waals surface area contributed by atoms with Gasteiger partial charge in [-0.2, -0.15) is 0 Å². The van der Waals surface area contributed by atoms with E-state index in [2.05, 4.69) is 51.1 Å². The minimum absolute atomic E-state index is 0.0968. The van der Waals surface area contributed by atoms with Gasteiger partial charge >= 0.3 is 7.60 Å². The van der Waals surface area contributed by atoms with Crippen LogP contribution in [0.1, 0.15) is 53.8 Å². The lowest BCUT2D eigenvalue weighted by atomic mass is 9.97. The SMILES string of the molecule is Cc1c(C)c(C)c2c(nc(-c3oc(CCCc4ccncc4)cc3P(=O)(O)O)n2CC(C)C)c1C. The first-order valence-corrected chi connectivity index (χ1v) is 13.6. The highest BCUT2D eigenvalue weighted by Crippen LogP contribution is 2.41. The number of imidazole rings is 1. The van der Waals surface area contributed by atoms with Crippen LogP contribution in [0.25, 0.3) is 22.6 Å². The van der Waals surface area contributed by atoms with Gasteiger partial charge in [0.1, 0.15) is 11.1 Å². The van der Waals surface area contributed by atoms with Gasteiger partial charge in [-0.1, -0.05) is 13.8 Å². The fourth-order valence-corrected chi connectivity index (χ4v) is 5.40. The van der Waals surface area contributed by atoms with Gasteiger partial charge in [-0.3, -0.25) is 9.55 Å². The van der Waals surface area contributed by atoms with Crippen molar-refractivity contribution in [3.63, 3.8) is 0 Å². The summed E-state index contributed by atoms with van der Waals surface area (Å²) in [5.74, 6) is 1.50. The molecule has 0 spiro atoms. The molecule has 0 aliphatic heterocycles. The molecule has 186 valence electrons. The molecule has 4 aromatic rings. The highest BCUT2D eigenvalue weighted by Gasteiger charge is 2.31. The highest BCUT2D eigenvalue weighted by molar-refractivity contribution is 7.60. The molecule has 0 bridgehead atoms. The summed E-state index contributed by atoms with van der Waals surface area (Å²) in [4.78, 5) is 29.4. The number of hydrogen-bond donors (Lipinski definition) is 2. The molecular weight excluding hydrogens is 461 g/mol. The first kappa shape index (κ1) is 25.4. The van der Waals surface area contributed by atoms with Gasteiger partial charge in [0.05, 0.1) is 11.0 Å². The van der Waals surface area contributed by atoms with Crippen LogP contribution in [0.15, 0.2) is 35.0 Å². The van der Waals surface area contributed by atoms with Crippen molar-refractivity contribution >= 4 is 23.9 Å². The summed E-state index contributed by atoms with van der Waals surface area (Å²) < 4.78 is 20.8. The monoisotopic (exact) mass is 495 g/mol. The van der Waals surface area contributed by atoms with Crippen LogP contribution >= 0.6 is 7.60 Å². The lowest BCUT2D eigenvalue weighted by molar-refractivity contribution is 0.387. The Kier molecular flexibility index (Phi) is 7.05. The molecule has 0 saturated carbocycles. The van der Waals surface area contributed by atoms with E-state index in [9.17, 15) is 14.4 Å². The summed E-state index contributed by atoms with van der Waals surface area (Å²) in [6.45, 7) is 13.2. The molecule has 0 atom stereocenters.